The molecule has 0 bridgehead atoms. The molecule has 12 heteroatoms. The van der Waals surface area contributed by atoms with Gasteiger partial charge in [-0.3, -0.25) is 19.2 Å². The number of carbonyl (C=O) groups excluding carboxylic acids is 1. The molecule has 0 N–H and O–H groups in total. The number of halogens is 3. The van der Waals surface area contributed by atoms with Crippen LogP contribution < -0.4 is 10.3 Å². The highest BCUT2D eigenvalue weighted by atomic mass is 19.3. The first-order valence-corrected chi connectivity index (χ1v) is 13.4. The lowest BCUT2D eigenvalue weighted by atomic mass is 10.00. The first kappa shape index (κ1) is 29.6. The lowest BCUT2D eigenvalue weighted by molar-refractivity contribution is -0.00250. The van der Waals surface area contributed by atoms with E-state index in [2.05, 4.69) is 4.98 Å². The molecule has 9 nitrogen and oxygen atoms in total. The molecular weight excluding hydrogens is 563 g/mol. The van der Waals surface area contributed by atoms with Crippen LogP contribution in [0.2, 0.25) is 0 Å². The SMILES string of the molecule is COc1ccc(-n2c(C3CC(F)(F)CN3C(=O)OC(C)(C)C)nc3c(-c4ccc(C)nc4)cc(C#N)cc3c2=O)cc1F. The van der Waals surface area contributed by atoms with E-state index in [1.165, 1.54) is 31.4 Å². The Hall–Kier alpha value is -4.92. The van der Waals surface area contributed by atoms with Gasteiger partial charge < -0.3 is 9.47 Å². The normalized spacial score (nSPS) is 16.3. The largest absolute Gasteiger partial charge is 0.494 e. The summed E-state index contributed by atoms with van der Waals surface area (Å²) in [6, 6.07) is 10.6. The number of rotatable bonds is 4. The van der Waals surface area contributed by atoms with Gasteiger partial charge in [-0.1, -0.05) is 6.07 Å². The summed E-state index contributed by atoms with van der Waals surface area (Å²) in [5.41, 5.74) is 0.0906. The van der Waals surface area contributed by atoms with E-state index in [-0.39, 0.29) is 33.7 Å². The smallest absolute Gasteiger partial charge is 0.411 e. The van der Waals surface area contributed by atoms with Gasteiger partial charge >= 0.3 is 6.09 Å². The lowest BCUT2D eigenvalue weighted by Gasteiger charge is -2.29. The predicted octanol–water partition coefficient (Wildman–Crippen LogP) is 6.09. The van der Waals surface area contributed by atoms with Crippen LogP contribution in [0.4, 0.5) is 18.0 Å². The number of benzene rings is 2. The molecule has 1 aliphatic heterocycles. The summed E-state index contributed by atoms with van der Waals surface area (Å²) in [5.74, 6) is -4.47. The van der Waals surface area contributed by atoms with E-state index in [9.17, 15) is 19.2 Å². The van der Waals surface area contributed by atoms with E-state index in [1.54, 1.807) is 46.0 Å². The van der Waals surface area contributed by atoms with Crippen molar-refractivity contribution in [3.05, 3.63) is 81.9 Å². The van der Waals surface area contributed by atoms with Gasteiger partial charge in [0.15, 0.2) is 11.6 Å². The van der Waals surface area contributed by atoms with Crippen molar-refractivity contribution in [2.24, 2.45) is 0 Å². The van der Waals surface area contributed by atoms with Crippen LogP contribution in [0.1, 0.15) is 50.3 Å². The Morgan fingerprint density at radius 1 is 1.16 bits per heavy atom. The van der Waals surface area contributed by atoms with Crippen molar-refractivity contribution >= 4 is 17.0 Å². The number of hydrogen-bond donors (Lipinski definition) is 0. The maximum Gasteiger partial charge on any atom is 0.411 e. The van der Waals surface area contributed by atoms with Crippen LogP contribution in [0.3, 0.4) is 0 Å². The van der Waals surface area contributed by atoms with E-state index in [0.29, 0.717) is 11.1 Å². The van der Waals surface area contributed by atoms with Gasteiger partial charge in [-0.15, -0.1) is 0 Å². The molecule has 0 saturated carbocycles. The van der Waals surface area contributed by atoms with Gasteiger partial charge in [-0.05, 0) is 58.0 Å². The monoisotopic (exact) mass is 591 g/mol. The molecular formula is C31H28F3N5O4. The van der Waals surface area contributed by atoms with Gasteiger partial charge in [0, 0.05) is 35.5 Å². The molecule has 1 fully saturated rings. The fraction of sp³-hybridized carbons (Fsp3) is 0.323. The summed E-state index contributed by atoms with van der Waals surface area (Å²) in [4.78, 5) is 37.3. The number of likely N-dealkylation sites (tertiary alicyclic amines) is 1. The Bertz CT molecular complexity index is 1840. The van der Waals surface area contributed by atoms with E-state index in [1.807, 2.05) is 6.07 Å². The minimum atomic E-state index is -3.33. The van der Waals surface area contributed by atoms with Crippen molar-refractivity contribution in [2.75, 3.05) is 13.7 Å². The van der Waals surface area contributed by atoms with Gasteiger partial charge in [-0.25, -0.2) is 22.9 Å². The molecule has 1 aliphatic rings. The first-order valence-electron chi connectivity index (χ1n) is 13.4. The van der Waals surface area contributed by atoms with Crippen molar-refractivity contribution in [1.29, 1.82) is 5.26 Å². The Morgan fingerprint density at radius 3 is 2.51 bits per heavy atom. The Labute approximate surface area is 245 Å². The maximum absolute atomic E-state index is 15.0. The van der Waals surface area contributed by atoms with Crippen molar-refractivity contribution in [1.82, 2.24) is 19.4 Å². The molecule has 5 rings (SSSR count). The van der Waals surface area contributed by atoms with Gasteiger partial charge in [0.25, 0.3) is 11.5 Å². The van der Waals surface area contributed by atoms with Crippen molar-refractivity contribution < 1.29 is 27.4 Å². The van der Waals surface area contributed by atoms with E-state index < -0.39 is 48.0 Å². The number of methoxy groups -OCH3 is 1. The molecule has 1 amide bonds. The number of nitrogens with zero attached hydrogens (tertiary/aromatic N) is 5. The van der Waals surface area contributed by atoms with Crippen LogP contribution in [0.25, 0.3) is 27.7 Å². The lowest BCUT2D eigenvalue weighted by Crippen LogP contribution is -2.39. The second-order valence-electron chi connectivity index (χ2n) is 11.3. The molecule has 4 aromatic rings. The van der Waals surface area contributed by atoms with Crippen LogP contribution in [-0.4, -0.2) is 50.7 Å². The Kier molecular flexibility index (Phi) is 7.38. The molecule has 0 radical (unpaired) electrons. The molecule has 0 spiro atoms. The molecule has 2 aromatic heterocycles. The average molecular weight is 592 g/mol. The van der Waals surface area contributed by atoms with Crippen LogP contribution in [0.5, 0.6) is 5.75 Å². The number of carbonyl (C=O) groups is 1. The zero-order chi connectivity index (χ0) is 31.3. The number of aryl methyl sites for hydroxylation is 1. The molecule has 0 aliphatic carbocycles. The minimum Gasteiger partial charge on any atom is -0.494 e. The molecule has 222 valence electrons. The zero-order valence-corrected chi connectivity index (χ0v) is 24.1. The summed E-state index contributed by atoms with van der Waals surface area (Å²) < 4.78 is 56.4. The number of nitriles is 1. The number of alkyl halides is 2. The second-order valence-corrected chi connectivity index (χ2v) is 11.3. The highest BCUT2D eigenvalue weighted by Gasteiger charge is 2.50. The van der Waals surface area contributed by atoms with E-state index in [4.69, 9.17) is 14.5 Å². The number of pyridine rings is 1. The fourth-order valence-corrected chi connectivity index (χ4v) is 5.05. The number of fused-ring (bicyclic) bond motifs is 1. The molecule has 2 aromatic carbocycles. The summed E-state index contributed by atoms with van der Waals surface area (Å²) in [7, 11) is 1.28. The third-order valence-corrected chi connectivity index (χ3v) is 6.94. The average Bonchev–Trinajstić information content (AvgIpc) is 3.27. The molecule has 1 saturated heterocycles. The topological polar surface area (TPSA) is 110 Å². The Morgan fingerprint density at radius 2 is 1.91 bits per heavy atom. The third-order valence-electron chi connectivity index (χ3n) is 6.94. The predicted molar refractivity (Wildman–Crippen MR) is 152 cm³/mol. The molecule has 1 atom stereocenters. The molecule has 43 heavy (non-hydrogen) atoms. The number of aromatic nitrogens is 3. The standard InChI is InChI=1S/C31H28F3N5O4/c1-17-6-7-19(15-36-17)21-10-18(14-35)11-22-26(21)37-27(39(28(22)40)20-8-9-25(42-5)23(32)12-20)24-13-31(33,34)16-38(24)29(41)43-30(2,3)4/h6-12,15,24H,13,16H2,1-5H3. The number of amides is 1. The molecule has 3 heterocycles. The number of ether oxygens (including phenoxy) is 2. The van der Waals surface area contributed by atoms with Gasteiger partial charge in [0.2, 0.25) is 0 Å². The summed E-state index contributed by atoms with van der Waals surface area (Å²) in [6.07, 6.45) is -0.326. The van der Waals surface area contributed by atoms with Crippen LogP contribution in [0.15, 0.2) is 53.5 Å². The van der Waals surface area contributed by atoms with Crippen molar-refractivity contribution in [2.45, 2.75) is 51.7 Å². The Balaban J connectivity index is 1.86. The highest BCUT2D eigenvalue weighted by Crippen LogP contribution is 2.42. The fourth-order valence-electron chi connectivity index (χ4n) is 5.05. The zero-order valence-electron chi connectivity index (χ0n) is 24.1. The summed E-state index contributed by atoms with van der Waals surface area (Å²) in [5, 5.41) is 9.75. The summed E-state index contributed by atoms with van der Waals surface area (Å²) >= 11 is 0. The van der Waals surface area contributed by atoms with E-state index >= 15 is 8.78 Å². The van der Waals surface area contributed by atoms with Crippen molar-refractivity contribution in [3.63, 3.8) is 0 Å². The van der Waals surface area contributed by atoms with Crippen LogP contribution >= 0.6 is 0 Å². The third kappa shape index (κ3) is 5.75. The van der Waals surface area contributed by atoms with Crippen molar-refractivity contribution in [3.8, 4) is 28.6 Å². The van der Waals surface area contributed by atoms with Crippen LogP contribution in [0, 0.1) is 24.1 Å². The summed E-state index contributed by atoms with van der Waals surface area (Å²) in [6.45, 7) is 5.63. The first-order chi connectivity index (χ1) is 20.2. The van der Waals surface area contributed by atoms with Gasteiger partial charge in [0.1, 0.15) is 11.4 Å². The van der Waals surface area contributed by atoms with E-state index in [0.717, 1.165) is 21.2 Å². The quantitative estimate of drug-likeness (QED) is 0.282. The second kappa shape index (κ2) is 10.7. The molecule has 1 unspecified atom stereocenters. The minimum absolute atomic E-state index is 0.0109. The van der Waals surface area contributed by atoms with Gasteiger partial charge in [0.05, 0.1) is 47.9 Å². The van der Waals surface area contributed by atoms with Crippen LogP contribution in [-0.2, 0) is 4.74 Å². The maximum atomic E-state index is 15.0. The van der Waals surface area contributed by atoms with Gasteiger partial charge in [-0.2, -0.15) is 5.26 Å². The number of hydrogen-bond acceptors (Lipinski definition) is 7. The highest BCUT2D eigenvalue weighted by molar-refractivity contribution is 5.94.